The number of hydrogen-bond donors (Lipinski definition) is 0. The lowest BCUT2D eigenvalue weighted by molar-refractivity contribution is 0.705. The van der Waals surface area contributed by atoms with E-state index in [4.69, 9.17) is 0 Å². The van der Waals surface area contributed by atoms with Crippen LogP contribution in [0.25, 0.3) is 59.4 Å². The van der Waals surface area contributed by atoms with Crippen molar-refractivity contribution in [3.63, 3.8) is 0 Å². The van der Waals surface area contributed by atoms with E-state index < -0.39 is 0 Å². The number of benzene rings is 6. The third kappa shape index (κ3) is 3.60. The summed E-state index contributed by atoms with van der Waals surface area (Å²) < 4.78 is 3.56. The number of allylic oxidation sites excluding steroid dienone is 1. The standard InChI is InChI=1S/C39H28BrN/c1-39(2)34-21-19-26(24-33(34)38(40)37(39)31-17-10-12-25-11-6-7-15-29(25)31)27-20-22-36-32(23-27)30-16-8-9-18-35(30)41(36)28-13-4-3-5-14-28/h3-24H,1-2H3. The van der Waals surface area contributed by atoms with Gasteiger partial charge in [0, 0.05) is 26.4 Å². The van der Waals surface area contributed by atoms with Gasteiger partial charge in [-0.25, -0.2) is 0 Å². The number of hydrogen-bond acceptors (Lipinski definition) is 0. The molecule has 1 aliphatic rings. The molecule has 7 aromatic rings. The highest BCUT2D eigenvalue weighted by Gasteiger charge is 2.38. The molecule has 0 unspecified atom stereocenters. The quantitative estimate of drug-likeness (QED) is 0.193. The summed E-state index contributed by atoms with van der Waals surface area (Å²) in [6, 6.07) is 48.6. The Bertz CT molecular complexity index is 2170. The molecule has 0 radical (unpaired) electrons. The van der Waals surface area contributed by atoms with E-state index in [2.05, 4.69) is 168 Å². The van der Waals surface area contributed by atoms with Gasteiger partial charge in [-0.2, -0.15) is 0 Å². The van der Waals surface area contributed by atoms with Gasteiger partial charge >= 0.3 is 0 Å². The Balaban J connectivity index is 1.30. The van der Waals surface area contributed by atoms with Crippen LogP contribution >= 0.6 is 15.9 Å². The lowest BCUT2D eigenvalue weighted by Crippen LogP contribution is -2.16. The fourth-order valence-corrected chi connectivity index (χ4v) is 7.94. The first-order chi connectivity index (χ1) is 20.0. The van der Waals surface area contributed by atoms with E-state index in [9.17, 15) is 0 Å². The molecule has 41 heavy (non-hydrogen) atoms. The first-order valence-electron chi connectivity index (χ1n) is 14.1. The Labute approximate surface area is 248 Å². The van der Waals surface area contributed by atoms with Gasteiger partial charge < -0.3 is 4.57 Å². The van der Waals surface area contributed by atoms with Gasteiger partial charge in [-0.15, -0.1) is 0 Å². The first kappa shape index (κ1) is 24.4. The van der Waals surface area contributed by atoms with E-state index in [0.29, 0.717) is 0 Å². The van der Waals surface area contributed by atoms with Crippen molar-refractivity contribution < 1.29 is 0 Å². The lowest BCUT2D eigenvalue weighted by atomic mass is 9.77. The Morgan fingerprint density at radius 3 is 2.05 bits per heavy atom. The molecule has 1 nitrogen and oxygen atoms in total. The molecule has 0 amide bonds. The maximum Gasteiger partial charge on any atom is 0.0541 e. The number of halogens is 1. The number of rotatable bonds is 3. The first-order valence-corrected chi connectivity index (χ1v) is 14.9. The Kier molecular flexibility index (Phi) is 5.39. The van der Waals surface area contributed by atoms with Crippen molar-refractivity contribution in [3.8, 4) is 16.8 Å². The summed E-state index contributed by atoms with van der Waals surface area (Å²) in [7, 11) is 0. The zero-order chi connectivity index (χ0) is 27.7. The highest BCUT2D eigenvalue weighted by atomic mass is 79.9. The molecule has 0 aliphatic heterocycles. The fourth-order valence-electron chi connectivity index (χ4n) is 6.90. The molecule has 8 rings (SSSR count). The third-order valence-electron chi connectivity index (χ3n) is 8.85. The van der Waals surface area contributed by atoms with E-state index in [1.54, 1.807) is 0 Å². The van der Waals surface area contributed by atoms with Crippen LogP contribution in [-0.2, 0) is 5.41 Å². The number of para-hydroxylation sites is 2. The molecule has 1 aliphatic carbocycles. The highest BCUT2D eigenvalue weighted by Crippen LogP contribution is 2.54. The summed E-state index contributed by atoms with van der Waals surface area (Å²) >= 11 is 4.09. The van der Waals surface area contributed by atoms with Crippen LogP contribution in [0.2, 0.25) is 0 Å². The minimum Gasteiger partial charge on any atom is -0.309 e. The largest absolute Gasteiger partial charge is 0.309 e. The highest BCUT2D eigenvalue weighted by molar-refractivity contribution is 9.15. The fraction of sp³-hybridized carbons (Fsp3) is 0.0769. The second kappa shape index (κ2) is 9.06. The topological polar surface area (TPSA) is 4.93 Å². The van der Waals surface area contributed by atoms with Crippen molar-refractivity contribution in [2.75, 3.05) is 0 Å². The van der Waals surface area contributed by atoms with Gasteiger partial charge in [-0.05, 0) is 96.5 Å². The summed E-state index contributed by atoms with van der Waals surface area (Å²) in [5.41, 5.74) is 11.3. The molecule has 0 N–H and O–H groups in total. The zero-order valence-electron chi connectivity index (χ0n) is 23.0. The minimum atomic E-state index is -0.121. The molecule has 0 saturated heterocycles. The average Bonchev–Trinajstić information content (AvgIpc) is 3.44. The number of nitrogens with zero attached hydrogens (tertiary/aromatic N) is 1. The summed E-state index contributed by atoms with van der Waals surface area (Å²) in [5, 5.41) is 5.11. The SMILES string of the molecule is CC1(C)C(c2cccc3ccccc23)=C(Br)c2cc(-c3ccc4c(c3)c3ccccc3n4-c3ccccc3)ccc21. The molecule has 2 heteroatoms. The molecule has 0 bridgehead atoms. The van der Waals surface area contributed by atoms with Crippen LogP contribution in [0.4, 0.5) is 0 Å². The Morgan fingerprint density at radius 2 is 1.20 bits per heavy atom. The van der Waals surface area contributed by atoms with Gasteiger partial charge in [-0.1, -0.05) is 111 Å². The van der Waals surface area contributed by atoms with E-state index >= 15 is 0 Å². The lowest BCUT2D eigenvalue weighted by Gasteiger charge is -2.26. The van der Waals surface area contributed by atoms with E-state index in [0.717, 1.165) is 0 Å². The molecular weight excluding hydrogens is 562 g/mol. The predicted octanol–water partition coefficient (Wildman–Crippen LogP) is 11.2. The van der Waals surface area contributed by atoms with Gasteiger partial charge in [0.15, 0.2) is 0 Å². The zero-order valence-corrected chi connectivity index (χ0v) is 24.6. The van der Waals surface area contributed by atoms with Crippen molar-refractivity contribution in [2.24, 2.45) is 0 Å². The number of aromatic nitrogens is 1. The molecule has 0 fully saturated rings. The molecule has 0 saturated carbocycles. The summed E-state index contributed by atoms with van der Waals surface area (Å²) in [6.45, 7) is 4.70. The smallest absolute Gasteiger partial charge is 0.0541 e. The van der Waals surface area contributed by atoms with Crippen LogP contribution in [0.3, 0.4) is 0 Å². The van der Waals surface area contributed by atoms with Crippen molar-refractivity contribution >= 4 is 58.6 Å². The molecule has 0 atom stereocenters. The second-order valence-electron chi connectivity index (χ2n) is 11.5. The maximum atomic E-state index is 4.09. The van der Waals surface area contributed by atoms with Crippen LogP contribution in [0.15, 0.2) is 133 Å². The van der Waals surface area contributed by atoms with Gasteiger partial charge in [0.1, 0.15) is 0 Å². The van der Waals surface area contributed by atoms with Gasteiger partial charge in [0.25, 0.3) is 0 Å². The van der Waals surface area contributed by atoms with E-state index in [1.807, 2.05) is 0 Å². The molecule has 1 heterocycles. The average molecular weight is 591 g/mol. The van der Waals surface area contributed by atoms with Crippen LogP contribution in [0.5, 0.6) is 0 Å². The van der Waals surface area contributed by atoms with E-state index in [-0.39, 0.29) is 5.41 Å². The minimum absolute atomic E-state index is 0.121. The van der Waals surface area contributed by atoms with Crippen molar-refractivity contribution in [1.29, 1.82) is 0 Å². The van der Waals surface area contributed by atoms with Crippen molar-refractivity contribution in [3.05, 3.63) is 150 Å². The molecule has 196 valence electrons. The Morgan fingerprint density at radius 1 is 0.537 bits per heavy atom. The summed E-state index contributed by atoms with van der Waals surface area (Å²) in [5.74, 6) is 0. The summed E-state index contributed by atoms with van der Waals surface area (Å²) in [4.78, 5) is 0. The maximum absolute atomic E-state index is 4.09. The van der Waals surface area contributed by atoms with Crippen LogP contribution in [0, 0.1) is 0 Å². The molecule has 6 aromatic carbocycles. The van der Waals surface area contributed by atoms with Gasteiger partial charge in [-0.3, -0.25) is 0 Å². The summed E-state index contributed by atoms with van der Waals surface area (Å²) in [6.07, 6.45) is 0. The van der Waals surface area contributed by atoms with Crippen LogP contribution in [0.1, 0.15) is 30.5 Å². The Hall–Kier alpha value is -4.40. The molecule has 0 spiro atoms. The molecular formula is C39H28BrN. The normalized spacial score (nSPS) is 14.3. The predicted molar refractivity (Wildman–Crippen MR) is 179 cm³/mol. The van der Waals surface area contributed by atoms with Crippen molar-refractivity contribution in [1.82, 2.24) is 4.57 Å². The number of fused-ring (bicyclic) bond motifs is 5. The molecule has 1 aromatic heterocycles. The van der Waals surface area contributed by atoms with Gasteiger partial charge in [0.2, 0.25) is 0 Å². The third-order valence-corrected chi connectivity index (χ3v) is 9.68. The monoisotopic (exact) mass is 589 g/mol. The van der Waals surface area contributed by atoms with Crippen LogP contribution in [-0.4, -0.2) is 4.57 Å². The van der Waals surface area contributed by atoms with E-state index in [1.165, 1.54) is 76.1 Å². The van der Waals surface area contributed by atoms with Crippen LogP contribution < -0.4 is 0 Å². The van der Waals surface area contributed by atoms with Crippen molar-refractivity contribution in [2.45, 2.75) is 19.3 Å². The van der Waals surface area contributed by atoms with Gasteiger partial charge in [0.05, 0.1) is 11.0 Å². The second-order valence-corrected chi connectivity index (χ2v) is 12.3.